The van der Waals surface area contributed by atoms with Gasteiger partial charge in [-0.25, -0.2) is 0 Å². The van der Waals surface area contributed by atoms with E-state index >= 15 is 0 Å². The summed E-state index contributed by atoms with van der Waals surface area (Å²) in [6, 6.07) is 7.70. The lowest BCUT2D eigenvalue weighted by molar-refractivity contribution is -0.123. The van der Waals surface area contributed by atoms with Crippen molar-refractivity contribution in [1.82, 2.24) is 4.90 Å². The number of hydrogen-bond acceptors (Lipinski definition) is 4. The number of thiophene rings is 1. The van der Waals surface area contributed by atoms with E-state index in [9.17, 15) is 9.59 Å². The summed E-state index contributed by atoms with van der Waals surface area (Å²) in [5.41, 5.74) is 12.0. The number of likely N-dealkylation sites (tertiary alicyclic amines) is 1. The number of rotatable bonds is 2. The number of carbonyl (C=O) groups is 2. The average molecular weight is 303 g/mol. The van der Waals surface area contributed by atoms with Gasteiger partial charge in [0.1, 0.15) is 4.88 Å². The SMILES string of the molecule is NC(=O)C1CCCN(C(=O)c2sc3ccccc3c2N)C1. The molecule has 0 saturated carbocycles. The van der Waals surface area contributed by atoms with Crippen molar-refractivity contribution < 1.29 is 9.59 Å². The van der Waals surface area contributed by atoms with Gasteiger partial charge >= 0.3 is 0 Å². The molecule has 1 fully saturated rings. The fraction of sp³-hybridized carbons (Fsp3) is 0.333. The van der Waals surface area contributed by atoms with E-state index in [1.165, 1.54) is 11.3 Å². The van der Waals surface area contributed by atoms with Gasteiger partial charge in [0.25, 0.3) is 5.91 Å². The fourth-order valence-corrected chi connectivity index (χ4v) is 3.85. The number of primary amides is 1. The first-order chi connectivity index (χ1) is 10.1. The van der Waals surface area contributed by atoms with E-state index in [2.05, 4.69) is 0 Å². The quantitative estimate of drug-likeness (QED) is 0.886. The predicted molar refractivity (Wildman–Crippen MR) is 84.1 cm³/mol. The van der Waals surface area contributed by atoms with Crippen LogP contribution in [0.25, 0.3) is 10.1 Å². The summed E-state index contributed by atoms with van der Waals surface area (Å²) in [7, 11) is 0. The van der Waals surface area contributed by atoms with Gasteiger partial charge < -0.3 is 16.4 Å². The second-order valence-electron chi connectivity index (χ2n) is 5.33. The Kier molecular flexibility index (Phi) is 3.55. The van der Waals surface area contributed by atoms with Crippen LogP contribution in [0.5, 0.6) is 0 Å². The van der Waals surface area contributed by atoms with Crippen LogP contribution in [0.2, 0.25) is 0 Å². The highest BCUT2D eigenvalue weighted by atomic mass is 32.1. The van der Waals surface area contributed by atoms with Gasteiger partial charge in [-0.1, -0.05) is 18.2 Å². The Morgan fingerprint density at radius 3 is 2.76 bits per heavy atom. The normalized spacial score (nSPS) is 18.9. The van der Waals surface area contributed by atoms with Gasteiger partial charge in [0.2, 0.25) is 5.91 Å². The van der Waals surface area contributed by atoms with E-state index in [1.54, 1.807) is 4.90 Å². The number of nitrogen functional groups attached to an aromatic ring is 1. The third-order valence-electron chi connectivity index (χ3n) is 3.94. The van der Waals surface area contributed by atoms with E-state index < -0.39 is 0 Å². The van der Waals surface area contributed by atoms with Crippen molar-refractivity contribution in [2.24, 2.45) is 11.7 Å². The smallest absolute Gasteiger partial charge is 0.266 e. The molecular formula is C15H17N3O2S. The van der Waals surface area contributed by atoms with Crippen molar-refractivity contribution in [2.75, 3.05) is 18.8 Å². The number of nitrogens with two attached hydrogens (primary N) is 2. The van der Waals surface area contributed by atoms with E-state index in [0.717, 1.165) is 22.9 Å². The summed E-state index contributed by atoms with van der Waals surface area (Å²) < 4.78 is 1.00. The third-order valence-corrected chi connectivity index (χ3v) is 5.11. The first kappa shape index (κ1) is 13.9. The van der Waals surface area contributed by atoms with Crippen molar-refractivity contribution in [3.63, 3.8) is 0 Å². The molecule has 6 heteroatoms. The summed E-state index contributed by atoms with van der Waals surface area (Å²) in [5, 5.41) is 0.911. The van der Waals surface area contributed by atoms with Crippen LogP contribution in [0.3, 0.4) is 0 Å². The van der Waals surface area contributed by atoms with E-state index in [0.29, 0.717) is 23.7 Å². The fourth-order valence-electron chi connectivity index (χ4n) is 2.76. The van der Waals surface area contributed by atoms with Gasteiger partial charge in [0.05, 0.1) is 11.6 Å². The van der Waals surface area contributed by atoms with E-state index in [1.807, 2.05) is 24.3 Å². The number of piperidine rings is 1. The topological polar surface area (TPSA) is 89.4 Å². The maximum atomic E-state index is 12.7. The number of anilines is 1. The van der Waals surface area contributed by atoms with Crippen LogP contribution in [0.4, 0.5) is 5.69 Å². The molecule has 21 heavy (non-hydrogen) atoms. The van der Waals surface area contributed by atoms with Crippen molar-refractivity contribution >= 4 is 38.9 Å². The Hall–Kier alpha value is -2.08. The van der Waals surface area contributed by atoms with Gasteiger partial charge in [-0.3, -0.25) is 9.59 Å². The number of hydrogen-bond donors (Lipinski definition) is 2. The molecule has 3 rings (SSSR count). The molecule has 1 aliphatic heterocycles. The molecule has 1 aromatic heterocycles. The van der Waals surface area contributed by atoms with Crippen LogP contribution in [0.15, 0.2) is 24.3 Å². The lowest BCUT2D eigenvalue weighted by Crippen LogP contribution is -2.44. The van der Waals surface area contributed by atoms with Crippen LogP contribution >= 0.6 is 11.3 Å². The zero-order valence-electron chi connectivity index (χ0n) is 11.5. The lowest BCUT2D eigenvalue weighted by atomic mass is 9.97. The summed E-state index contributed by atoms with van der Waals surface area (Å²) in [4.78, 5) is 26.2. The third kappa shape index (κ3) is 2.47. The molecule has 2 aromatic rings. The van der Waals surface area contributed by atoms with Gasteiger partial charge in [0, 0.05) is 23.2 Å². The molecule has 1 saturated heterocycles. The average Bonchev–Trinajstić information content (AvgIpc) is 2.84. The Bertz CT molecular complexity index is 710. The standard InChI is InChI=1S/C15H17N3O2S/c16-12-10-5-1-2-6-11(10)21-13(12)15(20)18-7-3-4-9(8-18)14(17)19/h1-2,5-6,9H,3-4,7-8,16H2,(H2,17,19). The maximum Gasteiger partial charge on any atom is 0.266 e. The maximum absolute atomic E-state index is 12.7. The van der Waals surface area contributed by atoms with Crippen LogP contribution in [-0.2, 0) is 4.79 Å². The van der Waals surface area contributed by atoms with Crippen LogP contribution in [-0.4, -0.2) is 29.8 Å². The highest BCUT2D eigenvalue weighted by Gasteiger charge is 2.29. The predicted octanol–water partition coefficient (Wildman–Crippen LogP) is 1.82. The van der Waals surface area contributed by atoms with Crippen molar-refractivity contribution in [2.45, 2.75) is 12.8 Å². The Labute approximate surface area is 126 Å². The minimum Gasteiger partial charge on any atom is -0.397 e. The first-order valence-corrected chi connectivity index (χ1v) is 7.75. The van der Waals surface area contributed by atoms with Gasteiger partial charge in [-0.15, -0.1) is 11.3 Å². The molecule has 2 amide bonds. The minimum absolute atomic E-state index is 0.0975. The number of nitrogens with zero attached hydrogens (tertiary/aromatic N) is 1. The molecule has 0 radical (unpaired) electrons. The zero-order chi connectivity index (χ0) is 15.0. The monoisotopic (exact) mass is 303 g/mol. The number of amides is 2. The Balaban J connectivity index is 1.90. The molecule has 2 heterocycles. The molecule has 110 valence electrons. The number of benzene rings is 1. The Morgan fingerprint density at radius 2 is 2.05 bits per heavy atom. The van der Waals surface area contributed by atoms with Crippen LogP contribution < -0.4 is 11.5 Å². The van der Waals surface area contributed by atoms with Crippen LogP contribution in [0, 0.1) is 5.92 Å². The molecule has 0 bridgehead atoms. The minimum atomic E-state index is -0.336. The first-order valence-electron chi connectivity index (χ1n) is 6.93. The molecule has 1 aliphatic rings. The van der Waals surface area contributed by atoms with Crippen LogP contribution in [0.1, 0.15) is 22.5 Å². The summed E-state index contributed by atoms with van der Waals surface area (Å²) >= 11 is 1.40. The van der Waals surface area contributed by atoms with Gasteiger partial charge in [-0.2, -0.15) is 0 Å². The number of carbonyl (C=O) groups excluding carboxylic acids is 2. The molecule has 1 atom stereocenters. The molecular weight excluding hydrogens is 286 g/mol. The van der Waals surface area contributed by atoms with Crippen molar-refractivity contribution in [1.29, 1.82) is 0 Å². The highest BCUT2D eigenvalue weighted by Crippen LogP contribution is 2.34. The summed E-state index contributed by atoms with van der Waals surface area (Å²) in [5.74, 6) is -0.685. The molecule has 0 aliphatic carbocycles. The second-order valence-corrected chi connectivity index (χ2v) is 6.39. The number of fused-ring (bicyclic) bond motifs is 1. The van der Waals surface area contributed by atoms with Gasteiger partial charge in [0.15, 0.2) is 0 Å². The zero-order valence-corrected chi connectivity index (χ0v) is 12.4. The molecule has 0 spiro atoms. The highest BCUT2D eigenvalue weighted by molar-refractivity contribution is 7.21. The largest absolute Gasteiger partial charge is 0.397 e. The van der Waals surface area contributed by atoms with Crippen molar-refractivity contribution in [3.8, 4) is 0 Å². The Morgan fingerprint density at radius 1 is 1.29 bits per heavy atom. The molecule has 1 aromatic carbocycles. The lowest BCUT2D eigenvalue weighted by Gasteiger charge is -2.31. The summed E-state index contributed by atoms with van der Waals surface area (Å²) in [6.07, 6.45) is 1.55. The second kappa shape index (κ2) is 5.37. The van der Waals surface area contributed by atoms with Gasteiger partial charge in [-0.05, 0) is 18.9 Å². The van der Waals surface area contributed by atoms with E-state index in [-0.39, 0.29) is 17.7 Å². The molecule has 4 N–H and O–H groups in total. The van der Waals surface area contributed by atoms with E-state index in [4.69, 9.17) is 11.5 Å². The summed E-state index contributed by atoms with van der Waals surface area (Å²) in [6.45, 7) is 1.04. The van der Waals surface area contributed by atoms with Crippen molar-refractivity contribution in [3.05, 3.63) is 29.1 Å². The molecule has 5 nitrogen and oxygen atoms in total. The molecule has 1 unspecified atom stereocenters.